The van der Waals surface area contributed by atoms with E-state index in [-0.39, 0.29) is 22.4 Å². The Labute approximate surface area is 140 Å². The van der Waals surface area contributed by atoms with Gasteiger partial charge in [0.05, 0.1) is 12.8 Å². The van der Waals surface area contributed by atoms with E-state index in [0.29, 0.717) is 24.4 Å². The van der Waals surface area contributed by atoms with Crippen molar-refractivity contribution in [1.82, 2.24) is 10.2 Å². The van der Waals surface area contributed by atoms with Crippen molar-refractivity contribution in [3.8, 4) is 5.75 Å². The number of rotatable bonds is 5. The second-order valence-electron chi connectivity index (χ2n) is 5.31. The molecule has 7 nitrogen and oxygen atoms in total. The van der Waals surface area contributed by atoms with Gasteiger partial charge in [0.25, 0.3) is 0 Å². The summed E-state index contributed by atoms with van der Waals surface area (Å²) in [4.78, 5) is 28.0. The average molecular weight is 339 g/mol. The Bertz CT molecular complexity index is 589. The van der Waals surface area contributed by atoms with Crippen molar-refractivity contribution in [2.45, 2.75) is 6.42 Å². The number of benzene rings is 1. The molecule has 1 saturated heterocycles. The van der Waals surface area contributed by atoms with E-state index in [1.807, 2.05) is 19.0 Å². The molecular formula is C15H21N3O4S. The lowest BCUT2D eigenvalue weighted by Crippen LogP contribution is -2.58. The third-order valence-electron chi connectivity index (χ3n) is 3.46. The lowest BCUT2D eigenvalue weighted by molar-refractivity contribution is -0.134. The van der Waals surface area contributed by atoms with Gasteiger partial charge in [0.15, 0.2) is 5.11 Å². The van der Waals surface area contributed by atoms with E-state index in [9.17, 15) is 9.59 Å². The second-order valence-corrected chi connectivity index (χ2v) is 5.70. The van der Waals surface area contributed by atoms with Crippen LogP contribution in [0, 0.1) is 5.92 Å². The van der Waals surface area contributed by atoms with Crippen molar-refractivity contribution in [2.24, 2.45) is 5.92 Å². The van der Waals surface area contributed by atoms with Crippen LogP contribution in [0.15, 0.2) is 24.3 Å². The number of amides is 2. The van der Waals surface area contributed by atoms with E-state index in [1.54, 1.807) is 31.4 Å². The first-order chi connectivity index (χ1) is 10.4. The summed E-state index contributed by atoms with van der Waals surface area (Å²) in [6.45, 7) is 0.646. The smallest absolute Gasteiger partial charge is 0.245 e. The summed E-state index contributed by atoms with van der Waals surface area (Å²) in [6.07, 6.45) is 0.451. The minimum atomic E-state index is -0.726. The first-order valence-electron chi connectivity index (χ1n) is 6.91. The van der Waals surface area contributed by atoms with Crippen LogP contribution in [0.25, 0.3) is 0 Å². The van der Waals surface area contributed by atoms with Crippen LogP contribution in [0.3, 0.4) is 0 Å². The zero-order valence-corrected chi connectivity index (χ0v) is 14.1. The largest absolute Gasteiger partial charge is 0.497 e. The lowest BCUT2D eigenvalue weighted by Gasteiger charge is -2.32. The Hall–Kier alpha value is -2.03. The van der Waals surface area contributed by atoms with Crippen LogP contribution in [0.1, 0.15) is 6.42 Å². The quantitative estimate of drug-likeness (QED) is 0.610. The summed E-state index contributed by atoms with van der Waals surface area (Å²) in [6, 6.07) is 6.97. The third kappa shape index (κ3) is 4.25. The molecule has 1 atom stereocenters. The molecule has 2 amide bonds. The molecule has 0 saturated carbocycles. The van der Waals surface area contributed by atoms with Gasteiger partial charge in [0, 0.05) is 0 Å². The molecule has 0 bridgehead atoms. The number of nitrogens with one attached hydrogen (secondary N) is 1. The van der Waals surface area contributed by atoms with Crippen LogP contribution in [0.4, 0.5) is 5.69 Å². The zero-order valence-electron chi connectivity index (χ0n) is 13.3. The molecule has 0 aromatic heterocycles. The summed E-state index contributed by atoms with van der Waals surface area (Å²) in [5.74, 6) is -0.661. The van der Waals surface area contributed by atoms with Crippen LogP contribution < -0.4 is 15.0 Å². The van der Waals surface area contributed by atoms with Crippen molar-refractivity contribution in [3.63, 3.8) is 0 Å². The summed E-state index contributed by atoms with van der Waals surface area (Å²) < 4.78 is 5.10. The minimum absolute atomic E-state index is 0. The maximum absolute atomic E-state index is 12.6. The Kier molecular flexibility index (Phi) is 6.62. The summed E-state index contributed by atoms with van der Waals surface area (Å²) in [7, 11) is 5.37. The molecule has 1 aromatic carbocycles. The predicted molar refractivity (Wildman–Crippen MR) is 91.5 cm³/mol. The fourth-order valence-electron chi connectivity index (χ4n) is 2.23. The number of ether oxygens (including phenoxy) is 1. The van der Waals surface area contributed by atoms with Gasteiger partial charge in [-0.25, -0.2) is 0 Å². The second kappa shape index (κ2) is 8.00. The zero-order chi connectivity index (χ0) is 16.3. The van der Waals surface area contributed by atoms with Crippen molar-refractivity contribution < 1.29 is 19.8 Å². The first-order valence-corrected chi connectivity index (χ1v) is 7.32. The molecule has 1 aromatic rings. The highest BCUT2D eigenvalue weighted by molar-refractivity contribution is 7.80. The molecular weight excluding hydrogens is 318 g/mol. The molecule has 1 unspecified atom stereocenters. The summed E-state index contributed by atoms with van der Waals surface area (Å²) in [5.41, 5.74) is 0.616. The molecule has 23 heavy (non-hydrogen) atoms. The van der Waals surface area contributed by atoms with Crippen LogP contribution >= 0.6 is 12.2 Å². The third-order valence-corrected chi connectivity index (χ3v) is 3.75. The van der Waals surface area contributed by atoms with E-state index in [2.05, 4.69) is 5.32 Å². The van der Waals surface area contributed by atoms with Gasteiger partial charge >= 0.3 is 0 Å². The molecule has 8 heteroatoms. The Morgan fingerprint density at radius 1 is 1.26 bits per heavy atom. The number of hydrogen-bond acceptors (Lipinski definition) is 5. The van der Waals surface area contributed by atoms with E-state index in [4.69, 9.17) is 17.0 Å². The lowest BCUT2D eigenvalue weighted by atomic mass is 10.00. The molecule has 0 radical (unpaired) electrons. The van der Waals surface area contributed by atoms with Gasteiger partial charge in [-0.1, -0.05) is 0 Å². The van der Waals surface area contributed by atoms with Crippen LogP contribution in [0.5, 0.6) is 5.75 Å². The van der Waals surface area contributed by atoms with E-state index in [1.165, 1.54) is 4.90 Å². The number of carbonyl (C=O) groups is 2. The molecule has 3 N–H and O–H groups in total. The average Bonchev–Trinajstić information content (AvgIpc) is 2.47. The fourth-order valence-corrected chi connectivity index (χ4v) is 2.53. The van der Waals surface area contributed by atoms with Gasteiger partial charge < -0.3 is 20.4 Å². The van der Waals surface area contributed by atoms with Gasteiger partial charge in [-0.15, -0.1) is 0 Å². The Balaban J connectivity index is 0.00000264. The van der Waals surface area contributed by atoms with Crippen molar-refractivity contribution >= 4 is 34.8 Å². The summed E-state index contributed by atoms with van der Waals surface area (Å²) >= 11 is 5.14. The molecule has 0 aliphatic carbocycles. The van der Waals surface area contributed by atoms with E-state index >= 15 is 0 Å². The molecule has 1 aliphatic heterocycles. The van der Waals surface area contributed by atoms with Gasteiger partial charge in [-0.05, 0) is 63.5 Å². The Morgan fingerprint density at radius 3 is 2.39 bits per heavy atom. The van der Waals surface area contributed by atoms with Gasteiger partial charge in [-0.2, -0.15) is 0 Å². The van der Waals surface area contributed by atoms with Crippen LogP contribution in [0.2, 0.25) is 0 Å². The molecule has 2 rings (SSSR count). The van der Waals surface area contributed by atoms with Crippen LogP contribution in [-0.2, 0) is 9.59 Å². The van der Waals surface area contributed by atoms with Gasteiger partial charge in [-0.3, -0.25) is 14.5 Å². The molecule has 1 heterocycles. The molecule has 0 spiro atoms. The van der Waals surface area contributed by atoms with Gasteiger partial charge in [0.2, 0.25) is 11.8 Å². The summed E-state index contributed by atoms with van der Waals surface area (Å²) in [5, 5.41) is 2.72. The normalized spacial score (nSPS) is 17.8. The molecule has 126 valence electrons. The number of nitrogens with zero attached hydrogens (tertiary/aromatic N) is 2. The maximum Gasteiger partial charge on any atom is 0.245 e. The van der Waals surface area contributed by atoms with E-state index < -0.39 is 5.92 Å². The number of methoxy groups -OCH3 is 1. The minimum Gasteiger partial charge on any atom is -0.497 e. The first kappa shape index (κ1) is 19.0. The number of thiocarbonyl (C=S) groups is 1. The van der Waals surface area contributed by atoms with Gasteiger partial charge in [0.1, 0.15) is 11.7 Å². The number of carbonyl (C=O) groups excluding carboxylic acids is 2. The number of hydrogen-bond donors (Lipinski definition) is 1. The van der Waals surface area contributed by atoms with Crippen molar-refractivity contribution in [1.29, 1.82) is 0 Å². The SMILES string of the molecule is COc1ccc(N2C(=O)C(CCN(C)C)C(=O)NC2=S)cc1.O. The fraction of sp³-hybridized carbons (Fsp3) is 0.400. The Morgan fingerprint density at radius 2 is 1.87 bits per heavy atom. The standard InChI is InChI=1S/C15H19N3O3S.H2O/c1-17(2)9-8-12-13(19)16-15(22)18(14(12)20)10-4-6-11(21-3)7-5-10;/h4-7,12H,8-9H2,1-3H3,(H,16,19,22);1H2. The maximum atomic E-state index is 12.6. The highest BCUT2D eigenvalue weighted by Gasteiger charge is 2.38. The van der Waals surface area contributed by atoms with E-state index in [0.717, 1.165) is 0 Å². The predicted octanol–water partition coefficient (Wildman–Crippen LogP) is 0.186. The molecule has 1 fully saturated rings. The highest BCUT2D eigenvalue weighted by Crippen LogP contribution is 2.24. The number of anilines is 1. The van der Waals surface area contributed by atoms with Crippen LogP contribution in [-0.4, -0.2) is 55.1 Å². The topological polar surface area (TPSA) is 93.4 Å². The van der Waals surface area contributed by atoms with Crippen molar-refractivity contribution in [2.75, 3.05) is 32.6 Å². The van der Waals surface area contributed by atoms with Crippen molar-refractivity contribution in [3.05, 3.63) is 24.3 Å². The highest BCUT2D eigenvalue weighted by atomic mass is 32.1. The molecule has 1 aliphatic rings. The monoisotopic (exact) mass is 339 g/mol.